The standard InChI is InChI=1S/C22H24N2O4/c1-15-8-6-7-11-19(15)23-21(26)16(2)28-22(27)18-12-20(25)24(14-18)13-17-9-4-3-5-10-17/h3-11,16,18H,12-14H2,1-2H3,(H,23,26). The molecule has 1 aliphatic heterocycles. The number of rotatable bonds is 6. The van der Waals surface area contributed by atoms with Gasteiger partial charge in [-0.3, -0.25) is 14.4 Å². The third kappa shape index (κ3) is 4.76. The van der Waals surface area contributed by atoms with E-state index >= 15 is 0 Å². The molecule has 2 amide bonds. The van der Waals surface area contributed by atoms with Crippen molar-refractivity contribution in [3.8, 4) is 0 Å². The Balaban J connectivity index is 1.53. The number of aryl methyl sites for hydroxylation is 1. The van der Waals surface area contributed by atoms with Gasteiger partial charge in [0.05, 0.1) is 5.92 Å². The van der Waals surface area contributed by atoms with Crippen LogP contribution < -0.4 is 5.32 Å². The summed E-state index contributed by atoms with van der Waals surface area (Å²) in [7, 11) is 0. The second-order valence-corrected chi connectivity index (χ2v) is 7.04. The van der Waals surface area contributed by atoms with E-state index in [0.29, 0.717) is 18.8 Å². The van der Waals surface area contributed by atoms with Crippen LogP contribution in [0.2, 0.25) is 0 Å². The van der Waals surface area contributed by atoms with Crippen molar-refractivity contribution in [3.63, 3.8) is 0 Å². The minimum absolute atomic E-state index is 0.0807. The number of amides is 2. The van der Waals surface area contributed by atoms with Crippen LogP contribution in [0.5, 0.6) is 0 Å². The van der Waals surface area contributed by atoms with Crippen molar-refractivity contribution in [1.82, 2.24) is 4.90 Å². The molecule has 1 aliphatic rings. The second-order valence-electron chi connectivity index (χ2n) is 7.04. The summed E-state index contributed by atoms with van der Waals surface area (Å²) in [5.41, 5.74) is 2.61. The van der Waals surface area contributed by atoms with Crippen LogP contribution in [-0.2, 0) is 25.7 Å². The van der Waals surface area contributed by atoms with Crippen LogP contribution >= 0.6 is 0 Å². The summed E-state index contributed by atoms with van der Waals surface area (Å²) in [5, 5.41) is 2.76. The van der Waals surface area contributed by atoms with Gasteiger partial charge in [0.1, 0.15) is 0 Å². The van der Waals surface area contributed by atoms with Crippen LogP contribution in [0.25, 0.3) is 0 Å². The van der Waals surface area contributed by atoms with Gasteiger partial charge in [0, 0.05) is 25.2 Å². The molecule has 0 spiro atoms. The van der Waals surface area contributed by atoms with Crippen LogP contribution in [0.4, 0.5) is 5.69 Å². The summed E-state index contributed by atoms with van der Waals surface area (Å²) >= 11 is 0. The minimum atomic E-state index is -0.939. The maximum absolute atomic E-state index is 12.4. The first-order valence-corrected chi connectivity index (χ1v) is 9.32. The van der Waals surface area contributed by atoms with Gasteiger partial charge in [-0.1, -0.05) is 48.5 Å². The number of hydrogen-bond donors (Lipinski definition) is 1. The maximum atomic E-state index is 12.4. The SMILES string of the molecule is Cc1ccccc1NC(=O)C(C)OC(=O)C1CC(=O)N(Cc2ccccc2)C1. The Labute approximate surface area is 164 Å². The summed E-state index contributed by atoms with van der Waals surface area (Å²) in [6.45, 7) is 4.19. The van der Waals surface area contributed by atoms with E-state index in [1.807, 2.05) is 55.5 Å². The Kier molecular flexibility index (Phi) is 6.09. The lowest BCUT2D eigenvalue weighted by molar-refractivity contribution is -0.157. The predicted octanol–water partition coefficient (Wildman–Crippen LogP) is 2.91. The second kappa shape index (κ2) is 8.69. The number of esters is 1. The Morgan fingerprint density at radius 3 is 2.54 bits per heavy atom. The van der Waals surface area contributed by atoms with Gasteiger partial charge in [0.2, 0.25) is 5.91 Å². The third-order valence-electron chi connectivity index (χ3n) is 4.83. The lowest BCUT2D eigenvalue weighted by atomic mass is 10.1. The quantitative estimate of drug-likeness (QED) is 0.782. The molecule has 0 aliphatic carbocycles. The smallest absolute Gasteiger partial charge is 0.312 e. The van der Waals surface area contributed by atoms with Crippen molar-refractivity contribution >= 4 is 23.5 Å². The van der Waals surface area contributed by atoms with Crippen molar-refractivity contribution in [2.75, 3.05) is 11.9 Å². The van der Waals surface area contributed by atoms with Crippen LogP contribution in [-0.4, -0.2) is 35.3 Å². The average molecular weight is 380 g/mol. The number of hydrogen-bond acceptors (Lipinski definition) is 4. The Bertz CT molecular complexity index is 866. The molecule has 1 heterocycles. The molecule has 3 rings (SSSR count). The molecule has 2 aromatic carbocycles. The summed E-state index contributed by atoms with van der Waals surface area (Å²) in [6, 6.07) is 17.0. The monoisotopic (exact) mass is 380 g/mol. The zero-order valence-electron chi connectivity index (χ0n) is 16.1. The molecule has 6 heteroatoms. The Morgan fingerprint density at radius 2 is 1.82 bits per heavy atom. The van der Waals surface area contributed by atoms with E-state index < -0.39 is 23.9 Å². The number of benzene rings is 2. The fourth-order valence-corrected chi connectivity index (χ4v) is 3.16. The molecule has 2 unspecified atom stereocenters. The highest BCUT2D eigenvalue weighted by Crippen LogP contribution is 2.22. The van der Waals surface area contributed by atoms with Gasteiger partial charge in [-0.25, -0.2) is 0 Å². The molecule has 0 radical (unpaired) electrons. The molecule has 1 N–H and O–H groups in total. The van der Waals surface area contributed by atoms with Crippen LogP contribution in [0, 0.1) is 12.8 Å². The van der Waals surface area contributed by atoms with E-state index in [9.17, 15) is 14.4 Å². The topological polar surface area (TPSA) is 75.7 Å². The van der Waals surface area contributed by atoms with E-state index in [4.69, 9.17) is 4.74 Å². The zero-order chi connectivity index (χ0) is 20.1. The lowest BCUT2D eigenvalue weighted by Crippen LogP contribution is -2.33. The maximum Gasteiger partial charge on any atom is 0.312 e. The van der Waals surface area contributed by atoms with E-state index in [0.717, 1.165) is 11.1 Å². The fraction of sp³-hybridized carbons (Fsp3) is 0.318. The van der Waals surface area contributed by atoms with Crippen molar-refractivity contribution in [2.24, 2.45) is 5.92 Å². The summed E-state index contributed by atoms with van der Waals surface area (Å²) < 4.78 is 5.33. The average Bonchev–Trinajstić information content (AvgIpc) is 3.05. The lowest BCUT2D eigenvalue weighted by Gasteiger charge is -2.18. The van der Waals surface area contributed by atoms with Gasteiger partial charge in [0.15, 0.2) is 6.10 Å². The molecular formula is C22H24N2O4. The van der Waals surface area contributed by atoms with E-state index in [1.54, 1.807) is 11.0 Å². The molecule has 1 fully saturated rings. The third-order valence-corrected chi connectivity index (χ3v) is 4.83. The first kappa shape index (κ1) is 19.6. The number of carbonyl (C=O) groups excluding carboxylic acids is 3. The number of carbonyl (C=O) groups is 3. The Hall–Kier alpha value is -3.15. The molecule has 6 nitrogen and oxygen atoms in total. The predicted molar refractivity (Wildman–Crippen MR) is 105 cm³/mol. The van der Waals surface area contributed by atoms with Crippen LogP contribution in [0.15, 0.2) is 54.6 Å². The molecule has 146 valence electrons. The van der Waals surface area contributed by atoms with Crippen molar-refractivity contribution in [1.29, 1.82) is 0 Å². The highest BCUT2D eigenvalue weighted by atomic mass is 16.5. The molecule has 2 aromatic rings. The molecule has 1 saturated heterocycles. The molecule has 0 bridgehead atoms. The molecule has 0 saturated carbocycles. The minimum Gasteiger partial charge on any atom is -0.452 e. The summed E-state index contributed by atoms with van der Waals surface area (Å²) in [5.74, 6) is -1.54. The molecular weight excluding hydrogens is 356 g/mol. The number of likely N-dealkylation sites (tertiary alicyclic amines) is 1. The highest BCUT2D eigenvalue weighted by Gasteiger charge is 2.36. The van der Waals surface area contributed by atoms with Gasteiger partial charge in [0.25, 0.3) is 5.91 Å². The van der Waals surface area contributed by atoms with Crippen molar-refractivity contribution in [3.05, 3.63) is 65.7 Å². The number of anilines is 1. The largest absolute Gasteiger partial charge is 0.452 e. The first-order chi connectivity index (χ1) is 13.4. The van der Waals surface area contributed by atoms with Gasteiger partial charge < -0.3 is 15.0 Å². The fourth-order valence-electron chi connectivity index (χ4n) is 3.16. The molecule has 28 heavy (non-hydrogen) atoms. The number of ether oxygens (including phenoxy) is 1. The Morgan fingerprint density at radius 1 is 1.14 bits per heavy atom. The van der Waals surface area contributed by atoms with Crippen LogP contribution in [0.1, 0.15) is 24.5 Å². The van der Waals surface area contributed by atoms with Gasteiger partial charge in [-0.2, -0.15) is 0 Å². The van der Waals surface area contributed by atoms with Crippen LogP contribution in [0.3, 0.4) is 0 Å². The van der Waals surface area contributed by atoms with Crippen molar-refractivity contribution in [2.45, 2.75) is 32.9 Å². The molecule has 2 atom stereocenters. The molecule has 0 aromatic heterocycles. The van der Waals surface area contributed by atoms with Gasteiger partial charge in [-0.05, 0) is 31.0 Å². The van der Waals surface area contributed by atoms with Gasteiger partial charge in [-0.15, -0.1) is 0 Å². The van der Waals surface area contributed by atoms with Crippen molar-refractivity contribution < 1.29 is 19.1 Å². The summed E-state index contributed by atoms with van der Waals surface area (Å²) in [6.07, 6.45) is -0.831. The van der Waals surface area contributed by atoms with Gasteiger partial charge >= 0.3 is 5.97 Å². The van der Waals surface area contributed by atoms with E-state index in [1.165, 1.54) is 6.92 Å². The number of para-hydroxylation sites is 1. The first-order valence-electron chi connectivity index (χ1n) is 9.32. The zero-order valence-corrected chi connectivity index (χ0v) is 16.1. The normalized spacial score (nSPS) is 17.3. The summed E-state index contributed by atoms with van der Waals surface area (Å²) in [4.78, 5) is 38.6. The number of nitrogens with one attached hydrogen (secondary N) is 1. The number of nitrogens with zero attached hydrogens (tertiary/aromatic N) is 1. The van der Waals surface area contributed by atoms with E-state index in [2.05, 4.69) is 5.32 Å². The van der Waals surface area contributed by atoms with E-state index in [-0.39, 0.29) is 12.3 Å². The highest BCUT2D eigenvalue weighted by molar-refractivity contribution is 5.96.